The van der Waals surface area contributed by atoms with Gasteiger partial charge in [0.15, 0.2) is 0 Å². The van der Waals surface area contributed by atoms with Crippen LogP contribution in [0.5, 0.6) is 0 Å². The van der Waals surface area contributed by atoms with Crippen LogP contribution in [0.15, 0.2) is 22.7 Å². The smallest absolute Gasteiger partial charge is 0.253 e. The van der Waals surface area contributed by atoms with Crippen molar-refractivity contribution >= 4 is 33.4 Å². The summed E-state index contributed by atoms with van der Waals surface area (Å²) in [4.78, 5) is 13.9. The molecule has 1 amide bonds. The SMILES string of the molecule is CCCN(CC)C(=O)c1ccc(Cl)c(Br)c1. The van der Waals surface area contributed by atoms with Gasteiger partial charge in [0.05, 0.1) is 5.02 Å². The van der Waals surface area contributed by atoms with Crippen molar-refractivity contribution in [3.8, 4) is 0 Å². The van der Waals surface area contributed by atoms with Crippen LogP contribution in [0.1, 0.15) is 30.6 Å². The average molecular weight is 305 g/mol. The maximum absolute atomic E-state index is 12.1. The Morgan fingerprint density at radius 1 is 1.44 bits per heavy atom. The molecule has 2 nitrogen and oxygen atoms in total. The molecule has 0 bridgehead atoms. The predicted octanol–water partition coefficient (Wildman–Crippen LogP) is 3.97. The molecule has 88 valence electrons. The zero-order valence-corrected chi connectivity index (χ0v) is 11.8. The van der Waals surface area contributed by atoms with Crippen LogP contribution in [-0.4, -0.2) is 23.9 Å². The maximum atomic E-state index is 12.1. The van der Waals surface area contributed by atoms with E-state index in [1.165, 1.54) is 0 Å². The Labute approximate surface area is 110 Å². The molecular formula is C12H15BrClNO. The second kappa shape index (κ2) is 6.26. The van der Waals surface area contributed by atoms with Crippen LogP contribution in [0.3, 0.4) is 0 Å². The Morgan fingerprint density at radius 2 is 2.12 bits per heavy atom. The summed E-state index contributed by atoms with van der Waals surface area (Å²) in [6.45, 7) is 5.56. The quantitative estimate of drug-likeness (QED) is 0.824. The lowest BCUT2D eigenvalue weighted by atomic mass is 10.2. The van der Waals surface area contributed by atoms with Gasteiger partial charge in [0.2, 0.25) is 0 Å². The van der Waals surface area contributed by atoms with Gasteiger partial charge in [-0.3, -0.25) is 4.79 Å². The summed E-state index contributed by atoms with van der Waals surface area (Å²) in [6.07, 6.45) is 0.967. The van der Waals surface area contributed by atoms with Gasteiger partial charge in [-0.2, -0.15) is 0 Å². The molecule has 0 fully saturated rings. The van der Waals surface area contributed by atoms with E-state index in [-0.39, 0.29) is 5.91 Å². The second-order valence-corrected chi connectivity index (χ2v) is 4.78. The molecule has 16 heavy (non-hydrogen) atoms. The second-order valence-electron chi connectivity index (χ2n) is 3.51. The Morgan fingerprint density at radius 3 is 2.62 bits per heavy atom. The molecule has 4 heteroatoms. The molecule has 1 aromatic carbocycles. The minimum absolute atomic E-state index is 0.0571. The van der Waals surface area contributed by atoms with Gasteiger partial charge in [-0.25, -0.2) is 0 Å². The van der Waals surface area contributed by atoms with Crippen molar-refractivity contribution in [3.05, 3.63) is 33.3 Å². The van der Waals surface area contributed by atoms with Crippen molar-refractivity contribution in [2.75, 3.05) is 13.1 Å². The van der Waals surface area contributed by atoms with Crippen molar-refractivity contribution in [1.29, 1.82) is 0 Å². The first-order valence-corrected chi connectivity index (χ1v) is 6.51. The van der Waals surface area contributed by atoms with Gasteiger partial charge in [0.1, 0.15) is 0 Å². The molecule has 0 aromatic heterocycles. The number of benzene rings is 1. The highest BCUT2D eigenvalue weighted by molar-refractivity contribution is 9.10. The van der Waals surface area contributed by atoms with E-state index in [0.29, 0.717) is 10.6 Å². The van der Waals surface area contributed by atoms with Crippen LogP contribution in [-0.2, 0) is 0 Å². The lowest BCUT2D eigenvalue weighted by molar-refractivity contribution is 0.0764. The summed E-state index contributed by atoms with van der Waals surface area (Å²) in [7, 11) is 0. The maximum Gasteiger partial charge on any atom is 0.253 e. The summed E-state index contributed by atoms with van der Waals surface area (Å²) in [6, 6.07) is 5.26. The molecule has 0 heterocycles. The van der Waals surface area contributed by atoms with Crippen LogP contribution in [0.25, 0.3) is 0 Å². The van der Waals surface area contributed by atoms with Gasteiger partial charge >= 0.3 is 0 Å². The van der Waals surface area contributed by atoms with E-state index >= 15 is 0 Å². The molecule has 1 aromatic rings. The van der Waals surface area contributed by atoms with Gasteiger partial charge in [0, 0.05) is 23.1 Å². The van der Waals surface area contributed by atoms with E-state index < -0.39 is 0 Å². The first-order chi connectivity index (χ1) is 7.60. The number of amides is 1. The van der Waals surface area contributed by atoms with Gasteiger partial charge < -0.3 is 4.90 Å². The summed E-state index contributed by atoms with van der Waals surface area (Å²) < 4.78 is 0.757. The summed E-state index contributed by atoms with van der Waals surface area (Å²) in [5.74, 6) is 0.0571. The van der Waals surface area contributed by atoms with E-state index in [1.807, 2.05) is 11.8 Å². The lowest BCUT2D eigenvalue weighted by Gasteiger charge is -2.20. The van der Waals surface area contributed by atoms with Crippen molar-refractivity contribution in [2.45, 2.75) is 20.3 Å². The van der Waals surface area contributed by atoms with E-state index in [2.05, 4.69) is 22.9 Å². The number of hydrogen-bond donors (Lipinski definition) is 0. The Balaban J connectivity index is 2.90. The van der Waals surface area contributed by atoms with Gasteiger partial charge in [0.25, 0.3) is 5.91 Å². The Hall–Kier alpha value is -0.540. The van der Waals surface area contributed by atoms with E-state index in [1.54, 1.807) is 18.2 Å². The van der Waals surface area contributed by atoms with E-state index in [4.69, 9.17) is 11.6 Å². The molecule has 0 unspecified atom stereocenters. The number of carbonyl (C=O) groups is 1. The standard InChI is InChI=1S/C12H15BrClNO/c1-3-7-15(4-2)12(16)9-5-6-11(14)10(13)8-9/h5-6,8H,3-4,7H2,1-2H3. The molecule has 1 rings (SSSR count). The third-order valence-electron chi connectivity index (χ3n) is 2.33. The van der Waals surface area contributed by atoms with Crippen LogP contribution in [0.4, 0.5) is 0 Å². The summed E-state index contributed by atoms with van der Waals surface area (Å²) >= 11 is 9.21. The van der Waals surface area contributed by atoms with E-state index in [9.17, 15) is 4.79 Å². The lowest BCUT2D eigenvalue weighted by Crippen LogP contribution is -2.31. The van der Waals surface area contributed by atoms with Gasteiger partial charge in [-0.1, -0.05) is 18.5 Å². The van der Waals surface area contributed by atoms with Crippen LogP contribution < -0.4 is 0 Å². The molecule has 0 radical (unpaired) electrons. The Bertz CT molecular complexity index is 381. The normalized spacial score (nSPS) is 10.2. The molecule has 0 spiro atoms. The molecule has 0 atom stereocenters. The van der Waals surface area contributed by atoms with Gasteiger partial charge in [-0.15, -0.1) is 0 Å². The van der Waals surface area contributed by atoms with Crippen LogP contribution in [0, 0.1) is 0 Å². The van der Waals surface area contributed by atoms with Crippen molar-refractivity contribution in [1.82, 2.24) is 4.90 Å². The fraction of sp³-hybridized carbons (Fsp3) is 0.417. The van der Waals surface area contributed by atoms with Crippen molar-refractivity contribution < 1.29 is 4.79 Å². The fourth-order valence-corrected chi connectivity index (χ4v) is 1.98. The van der Waals surface area contributed by atoms with Crippen LogP contribution in [0.2, 0.25) is 5.02 Å². The van der Waals surface area contributed by atoms with Crippen LogP contribution >= 0.6 is 27.5 Å². The first-order valence-electron chi connectivity index (χ1n) is 5.34. The highest BCUT2D eigenvalue weighted by atomic mass is 79.9. The minimum Gasteiger partial charge on any atom is -0.339 e. The fourth-order valence-electron chi connectivity index (χ4n) is 1.48. The molecule has 0 N–H and O–H groups in total. The minimum atomic E-state index is 0.0571. The van der Waals surface area contributed by atoms with Crippen molar-refractivity contribution in [3.63, 3.8) is 0 Å². The third kappa shape index (κ3) is 3.22. The first kappa shape index (κ1) is 13.5. The molecule has 0 aliphatic carbocycles. The molecule has 0 aliphatic heterocycles. The van der Waals surface area contributed by atoms with Gasteiger partial charge in [-0.05, 0) is 47.5 Å². The topological polar surface area (TPSA) is 20.3 Å². The highest BCUT2D eigenvalue weighted by Crippen LogP contribution is 2.23. The molecular weight excluding hydrogens is 289 g/mol. The number of hydrogen-bond acceptors (Lipinski definition) is 1. The third-order valence-corrected chi connectivity index (χ3v) is 3.54. The Kier molecular flexibility index (Phi) is 5.29. The summed E-state index contributed by atoms with van der Waals surface area (Å²) in [5.41, 5.74) is 0.673. The molecule has 0 saturated carbocycles. The largest absolute Gasteiger partial charge is 0.339 e. The zero-order chi connectivity index (χ0) is 12.1. The molecule has 0 saturated heterocycles. The number of halogens is 2. The predicted molar refractivity (Wildman–Crippen MR) is 71.0 cm³/mol. The monoisotopic (exact) mass is 303 g/mol. The summed E-state index contributed by atoms with van der Waals surface area (Å²) in [5, 5.41) is 0.620. The van der Waals surface area contributed by atoms with E-state index in [0.717, 1.165) is 24.0 Å². The number of rotatable bonds is 4. The van der Waals surface area contributed by atoms with Crippen molar-refractivity contribution in [2.24, 2.45) is 0 Å². The molecule has 0 aliphatic rings. The average Bonchev–Trinajstić information content (AvgIpc) is 2.28. The number of carbonyl (C=O) groups excluding carboxylic acids is 1. The number of nitrogens with zero attached hydrogens (tertiary/aromatic N) is 1. The highest BCUT2D eigenvalue weighted by Gasteiger charge is 2.13. The zero-order valence-electron chi connectivity index (χ0n) is 9.46.